The van der Waals surface area contributed by atoms with E-state index in [4.69, 9.17) is 0 Å². The largest absolute Gasteiger partial charge is 0.325 e. The number of likely N-dealkylation sites (N-methyl/N-ethyl adjacent to an activating group) is 1. The van der Waals surface area contributed by atoms with Crippen LogP contribution in [0.3, 0.4) is 0 Å². The quantitative estimate of drug-likeness (QED) is 0.707. The Labute approximate surface area is 162 Å². The van der Waals surface area contributed by atoms with Gasteiger partial charge in [-0.05, 0) is 50.6 Å². The molecule has 1 aromatic heterocycles. The number of thiazole rings is 1. The van der Waals surface area contributed by atoms with Crippen LogP contribution >= 0.6 is 11.3 Å². The van der Waals surface area contributed by atoms with E-state index in [-0.39, 0.29) is 17.3 Å². The van der Waals surface area contributed by atoms with Gasteiger partial charge in [0.25, 0.3) is 0 Å². The lowest BCUT2D eigenvalue weighted by atomic mass is 10.1. The summed E-state index contributed by atoms with van der Waals surface area (Å²) in [6, 6.07) is 10.5. The van der Waals surface area contributed by atoms with Crippen molar-refractivity contribution in [2.45, 2.75) is 25.7 Å². The van der Waals surface area contributed by atoms with Crippen molar-refractivity contribution in [1.29, 1.82) is 0 Å². The summed E-state index contributed by atoms with van der Waals surface area (Å²) in [5, 5.41) is 3.65. The van der Waals surface area contributed by atoms with Crippen LogP contribution in [0.25, 0.3) is 10.2 Å². The Bertz CT molecular complexity index is 1120. The number of nitrogens with one attached hydrogen (secondary N) is 1. The van der Waals surface area contributed by atoms with Crippen molar-refractivity contribution >= 4 is 43.2 Å². The Morgan fingerprint density at radius 2 is 1.89 bits per heavy atom. The lowest BCUT2D eigenvalue weighted by molar-refractivity contribution is -0.116. The van der Waals surface area contributed by atoms with Crippen LogP contribution in [0, 0.1) is 20.8 Å². The van der Waals surface area contributed by atoms with E-state index in [9.17, 15) is 13.2 Å². The average Bonchev–Trinajstić information content (AvgIpc) is 2.96. The number of rotatable bonds is 5. The standard InChI is InChI=1S/C19H21N3O3S2/c1-12-5-7-16(13(2)9-12)21-19(23)11-22(4)27(24,25)15-6-8-17-18(10-15)26-14(3)20-17/h5-10H,11H2,1-4H3,(H,21,23). The maximum absolute atomic E-state index is 12.8. The summed E-state index contributed by atoms with van der Waals surface area (Å²) in [5.74, 6) is -0.386. The van der Waals surface area contributed by atoms with Gasteiger partial charge in [0.1, 0.15) is 0 Å². The first-order chi connectivity index (χ1) is 12.7. The molecule has 0 saturated carbocycles. The monoisotopic (exact) mass is 403 g/mol. The fourth-order valence-electron chi connectivity index (χ4n) is 2.79. The highest BCUT2D eigenvalue weighted by Crippen LogP contribution is 2.26. The summed E-state index contributed by atoms with van der Waals surface area (Å²) < 4.78 is 27.5. The molecule has 0 spiro atoms. The second kappa shape index (κ2) is 7.38. The third kappa shape index (κ3) is 4.18. The maximum atomic E-state index is 12.8. The number of benzene rings is 2. The third-order valence-electron chi connectivity index (χ3n) is 4.20. The summed E-state index contributed by atoms with van der Waals surface area (Å²) in [7, 11) is -2.37. The molecule has 1 amide bonds. The summed E-state index contributed by atoms with van der Waals surface area (Å²) >= 11 is 1.44. The van der Waals surface area contributed by atoms with Gasteiger partial charge in [-0.1, -0.05) is 17.7 Å². The Morgan fingerprint density at radius 1 is 1.15 bits per heavy atom. The van der Waals surface area contributed by atoms with Gasteiger partial charge in [-0.2, -0.15) is 4.31 Å². The van der Waals surface area contributed by atoms with E-state index in [2.05, 4.69) is 10.3 Å². The number of carbonyl (C=O) groups excluding carboxylic acids is 1. The normalized spacial score (nSPS) is 11.9. The van der Waals surface area contributed by atoms with Crippen LogP contribution < -0.4 is 5.32 Å². The van der Waals surface area contributed by atoms with Crippen molar-refractivity contribution in [3.8, 4) is 0 Å². The number of aryl methyl sites for hydroxylation is 3. The second-order valence-electron chi connectivity index (χ2n) is 6.49. The summed E-state index contributed by atoms with van der Waals surface area (Å²) in [4.78, 5) is 16.8. The third-order valence-corrected chi connectivity index (χ3v) is 6.93. The molecule has 0 bridgehead atoms. The summed E-state index contributed by atoms with van der Waals surface area (Å²) in [5.41, 5.74) is 3.48. The molecule has 3 rings (SSSR count). The molecule has 0 saturated heterocycles. The Hall–Kier alpha value is -2.29. The Balaban J connectivity index is 1.76. The fraction of sp³-hybridized carbons (Fsp3) is 0.263. The number of aromatic nitrogens is 1. The van der Waals surface area contributed by atoms with Gasteiger partial charge in [0.15, 0.2) is 0 Å². The highest BCUT2D eigenvalue weighted by molar-refractivity contribution is 7.89. The zero-order chi connectivity index (χ0) is 19.8. The van der Waals surface area contributed by atoms with Gasteiger partial charge in [0.2, 0.25) is 15.9 Å². The average molecular weight is 404 g/mol. The molecular weight excluding hydrogens is 382 g/mol. The SMILES string of the molecule is Cc1ccc(NC(=O)CN(C)S(=O)(=O)c2ccc3nc(C)sc3c2)c(C)c1. The molecule has 0 aliphatic carbocycles. The molecule has 3 aromatic rings. The molecule has 0 radical (unpaired) electrons. The van der Waals surface area contributed by atoms with Gasteiger partial charge in [-0.25, -0.2) is 13.4 Å². The van der Waals surface area contributed by atoms with Crippen LogP contribution in [0.2, 0.25) is 0 Å². The van der Waals surface area contributed by atoms with E-state index < -0.39 is 10.0 Å². The summed E-state index contributed by atoms with van der Waals surface area (Å²) in [6.07, 6.45) is 0. The van der Waals surface area contributed by atoms with Gasteiger partial charge in [-0.15, -0.1) is 11.3 Å². The van der Waals surface area contributed by atoms with Crippen LogP contribution in [-0.4, -0.2) is 37.2 Å². The molecule has 8 heteroatoms. The van der Waals surface area contributed by atoms with Crippen LogP contribution in [0.5, 0.6) is 0 Å². The number of fused-ring (bicyclic) bond motifs is 1. The molecule has 0 atom stereocenters. The highest BCUT2D eigenvalue weighted by Gasteiger charge is 2.24. The molecule has 2 aromatic carbocycles. The van der Waals surface area contributed by atoms with Crippen molar-refractivity contribution in [3.05, 3.63) is 52.5 Å². The molecule has 1 heterocycles. The van der Waals surface area contributed by atoms with Crippen LogP contribution in [0.1, 0.15) is 16.1 Å². The van der Waals surface area contributed by atoms with E-state index in [0.717, 1.165) is 30.7 Å². The second-order valence-corrected chi connectivity index (χ2v) is 9.77. The predicted octanol–water partition coefficient (Wildman–Crippen LogP) is 3.48. The van der Waals surface area contributed by atoms with Crippen LogP contribution in [0.15, 0.2) is 41.3 Å². The zero-order valence-corrected chi connectivity index (χ0v) is 17.2. The van der Waals surface area contributed by atoms with E-state index >= 15 is 0 Å². The smallest absolute Gasteiger partial charge is 0.243 e. The lowest BCUT2D eigenvalue weighted by Gasteiger charge is -2.17. The zero-order valence-electron chi connectivity index (χ0n) is 15.6. The Morgan fingerprint density at radius 3 is 2.59 bits per heavy atom. The predicted molar refractivity (Wildman–Crippen MR) is 109 cm³/mol. The van der Waals surface area contributed by atoms with Gasteiger partial charge in [-0.3, -0.25) is 4.79 Å². The number of hydrogen-bond donors (Lipinski definition) is 1. The molecule has 0 aliphatic heterocycles. The lowest BCUT2D eigenvalue weighted by Crippen LogP contribution is -2.35. The molecular formula is C19H21N3O3S2. The number of hydrogen-bond acceptors (Lipinski definition) is 5. The first-order valence-electron chi connectivity index (χ1n) is 8.37. The molecule has 0 unspecified atom stereocenters. The summed E-state index contributed by atoms with van der Waals surface area (Å²) in [6.45, 7) is 5.48. The first kappa shape index (κ1) is 19.5. The topological polar surface area (TPSA) is 79.4 Å². The van der Waals surface area contributed by atoms with Crippen LogP contribution in [0.4, 0.5) is 5.69 Å². The number of carbonyl (C=O) groups is 1. The highest BCUT2D eigenvalue weighted by atomic mass is 32.2. The molecule has 142 valence electrons. The van der Waals surface area contributed by atoms with E-state index in [1.54, 1.807) is 12.1 Å². The van der Waals surface area contributed by atoms with Crippen molar-refractivity contribution in [1.82, 2.24) is 9.29 Å². The minimum absolute atomic E-state index is 0.153. The minimum atomic E-state index is -3.77. The van der Waals surface area contributed by atoms with Gasteiger partial charge < -0.3 is 5.32 Å². The van der Waals surface area contributed by atoms with E-state index in [1.807, 2.05) is 39.0 Å². The minimum Gasteiger partial charge on any atom is -0.325 e. The van der Waals surface area contributed by atoms with Crippen molar-refractivity contribution < 1.29 is 13.2 Å². The number of sulfonamides is 1. The van der Waals surface area contributed by atoms with E-state index in [0.29, 0.717) is 5.69 Å². The molecule has 0 fully saturated rings. The van der Waals surface area contributed by atoms with Gasteiger partial charge in [0.05, 0.1) is 26.7 Å². The first-order valence-corrected chi connectivity index (χ1v) is 10.6. The van der Waals surface area contributed by atoms with Gasteiger partial charge >= 0.3 is 0 Å². The van der Waals surface area contributed by atoms with E-state index in [1.165, 1.54) is 24.5 Å². The maximum Gasteiger partial charge on any atom is 0.243 e. The molecule has 1 N–H and O–H groups in total. The van der Waals surface area contributed by atoms with Crippen molar-refractivity contribution in [2.24, 2.45) is 0 Å². The molecule has 0 aliphatic rings. The number of amides is 1. The Kier molecular flexibility index (Phi) is 5.32. The molecule has 6 nitrogen and oxygen atoms in total. The molecule has 27 heavy (non-hydrogen) atoms. The van der Waals surface area contributed by atoms with Crippen molar-refractivity contribution in [2.75, 3.05) is 18.9 Å². The number of nitrogens with zero attached hydrogens (tertiary/aromatic N) is 2. The van der Waals surface area contributed by atoms with Gasteiger partial charge in [0, 0.05) is 12.7 Å². The van der Waals surface area contributed by atoms with Crippen molar-refractivity contribution in [3.63, 3.8) is 0 Å². The van der Waals surface area contributed by atoms with Crippen LogP contribution in [-0.2, 0) is 14.8 Å². The number of anilines is 1. The fourth-order valence-corrected chi connectivity index (χ4v) is 4.89.